The van der Waals surface area contributed by atoms with Gasteiger partial charge in [-0.3, -0.25) is 4.98 Å². The molecule has 0 bridgehead atoms. The van der Waals surface area contributed by atoms with E-state index in [1.165, 1.54) is 82.7 Å². The Hall–Kier alpha value is -1.05. The fourth-order valence-corrected chi connectivity index (χ4v) is 5.42. The average molecular weight is 386 g/mol. The summed E-state index contributed by atoms with van der Waals surface area (Å²) in [5.41, 5.74) is 1.23. The molecule has 2 heteroatoms. The van der Waals surface area contributed by atoms with Gasteiger partial charge < -0.3 is 4.74 Å². The van der Waals surface area contributed by atoms with Crippen LogP contribution in [0.15, 0.2) is 18.3 Å². The van der Waals surface area contributed by atoms with Crippen LogP contribution in [0.1, 0.15) is 103 Å². The predicted octanol–water partition coefficient (Wildman–Crippen LogP) is 7.61. The third-order valence-electron chi connectivity index (χ3n) is 7.57. The Bertz CT molecular complexity index is 524. The highest BCUT2D eigenvalue weighted by atomic mass is 16.5. The first-order valence-corrected chi connectivity index (χ1v) is 12.3. The van der Waals surface area contributed by atoms with Crippen LogP contribution in [0.4, 0.5) is 0 Å². The maximum Gasteiger partial charge on any atom is 0.137 e. The van der Waals surface area contributed by atoms with Gasteiger partial charge in [0.05, 0.1) is 12.8 Å². The van der Waals surface area contributed by atoms with Gasteiger partial charge in [-0.05, 0) is 55.1 Å². The molecule has 1 aromatic heterocycles. The lowest BCUT2D eigenvalue weighted by molar-refractivity contribution is 0.211. The Morgan fingerprint density at radius 3 is 1.86 bits per heavy atom. The number of aromatic nitrogens is 1. The third-order valence-corrected chi connectivity index (χ3v) is 7.57. The molecule has 2 aliphatic rings. The third kappa shape index (κ3) is 7.08. The SMILES string of the molecule is CCCOc1ccc(CC[C@H]2CC[C@H](CC[C@H]3CC[C@H](CC)CC3)CC2)nc1. The number of hydrogen-bond donors (Lipinski definition) is 0. The van der Waals surface area contributed by atoms with Crippen molar-refractivity contribution in [1.29, 1.82) is 0 Å². The van der Waals surface area contributed by atoms with Gasteiger partial charge in [0, 0.05) is 5.69 Å². The average Bonchev–Trinajstić information content (AvgIpc) is 2.76. The lowest BCUT2D eigenvalue weighted by Gasteiger charge is -2.31. The molecule has 2 nitrogen and oxygen atoms in total. The molecule has 0 saturated heterocycles. The zero-order valence-electron chi connectivity index (χ0n) is 18.5. The van der Waals surface area contributed by atoms with E-state index in [4.69, 9.17) is 4.74 Å². The van der Waals surface area contributed by atoms with Crippen LogP contribution < -0.4 is 4.74 Å². The van der Waals surface area contributed by atoms with Crippen molar-refractivity contribution < 1.29 is 4.74 Å². The first-order chi connectivity index (χ1) is 13.8. The van der Waals surface area contributed by atoms with E-state index in [0.29, 0.717) is 0 Å². The monoisotopic (exact) mass is 385 g/mol. The van der Waals surface area contributed by atoms with Gasteiger partial charge in [-0.2, -0.15) is 0 Å². The second-order valence-corrected chi connectivity index (χ2v) is 9.63. The molecule has 2 fully saturated rings. The molecular formula is C26H43NO. The Kier molecular flexibility index (Phi) is 9.15. The fraction of sp³-hybridized carbons (Fsp3) is 0.808. The van der Waals surface area contributed by atoms with E-state index < -0.39 is 0 Å². The zero-order valence-corrected chi connectivity index (χ0v) is 18.5. The molecule has 0 unspecified atom stereocenters. The standard InChI is InChI=1S/C26H43NO/c1-3-19-28-26-18-17-25(27-20-26)16-15-24-13-11-23(12-14-24)10-9-22-7-5-21(4-2)6-8-22/h17-18,20-24H,3-16,19H2,1-2H3/t21-,22-,23-,24-. The van der Waals surface area contributed by atoms with Crippen molar-refractivity contribution in [2.24, 2.45) is 23.7 Å². The maximum absolute atomic E-state index is 5.63. The smallest absolute Gasteiger partial charge is 0.137 e. The van der Waals surface area contributed by atoms with E-state index in [0.717, 1.165) is 48.9 Å². The summed E-state index contributed by atoms with van der Waals surface area (Å²) in [6.07, 6.45) is 21.7. The first-order valence-electron chi connectivity index (χ1n) is 12.3. The summed E-state index contributed by atoms with van der Waals surface area (Å²) in [5, 5.41) is 0. The van der Waals surface area contributed by atoms with Gasteiger partial charge in [0.1, 0.15) is 5.75 Å². The molecule has 0 atom stereocenters. The molecule has 2 saturated carbocycles. The highest BCUT2D eigenvalue weighted by Crippen LogP contribution is 2.38. The summed E-state index contributed by atoms with van der Waals surface area (Å²) in [4.78, 5) is 4.60. The molecule has 158 valence electrons. The molecule has 0 amide bonds. The lowest BCUT2D eigenvalue weighted by atomic mass is 9.74. The van der Waals surface area contributed by atoms with Crippen LogP contribution >= 0.6 is 0 Å². The maximum atomic E-state index is 5.63. The van der Waals surface area contributed by atoms with Crippen molar-refractivity contribution in [3.8, 4) is 5.75 Å². The molecule has 2 aliphatic carbocycles. The fourth-order valence-electron chi connectivity index (χ4n) is 5.42. The highest BCUT2D eigenvalue weighted by molar-refractivity contribution is 5.19. The van der Waals surface area contributed by atoms with Gasteiger partial charge in [0.2, 0.25) is 0 Å². The Balaban J connectivity index is 1.28. The van der Waals surface area contributed by atoms with Crippen molar-refractivity contribution in [3.63, 3.8) is 0 Å². The van der Waals surface area contributed by atoms with E-state index in [1.54, 1.807) is 0 Å². The molecule has 0 aromatic carbocycles. The van der Waals surface area contributed by atoms with Crippen molar-refractivity contribution in [2.75, 3.05) is 6.61 Å². The van der Waals surface area contributed by atoms with Crippen LogP contribution in [0, 0.1) is 23.7 Å². The van der Waals surface area contributed by atoms with Crippen LogP contribution in [-0.2, 0) is 6.42 Å². The van der Waals surface area contributed by atoms with Crippen molar-refractivity contribution in [3.05, 3.63) is 24.0 Å². The van der Waals surface area contributed by atoms with E-state index in [-0.39, 0.29) is 0 Å². The number of rotatable bonds is 10. The second kappa shape index (κ2) is 11.8. The van der Waals surface area contributed by atoms with Crippen molar-refractivity contribution in [1.82, 2.24) is 4.98 Å². The van der Waals surface area contributed by atoms with Crippen LogP contribution in [0.3, 0.4) is 0 Å². The molecule has 1 aromatic rings. The summed E-state index contributed by atoms with van der Waals surface area (Å²) >= 11 is 0. The molecule has 28 heavy (non-hydrogen) atoms. The number of ether oxygens (including phenoxy) is 1. The van der Waals surface area contributed by atoms with Crippen molar-refractivity contribution >= 4 is 0 Å². The molecule has 0 N–H and O–H groups in total. The number of nitrogens with zero attached hydrogens (tertiary/aromatic N) is 1. The van der Waals surface area contributed by atoms with Gasteiger partial charge in [-0.25, -0.2) is 0 Å². The highest BCUT2D eigenvalue weighted by Gasteiger charge is 2.24. The summed E-state index contributed by atoms with van der Waals surface area (Å²) in [6, 6.07) is 4.24. The minimum atomic E-state index is 0.782. The van der Waals surface area contributed by atoms with Crippen LogP contribution in [-0.4, -0.2) is 11.6 Å². The Morgan fingerprint density at radius 1 is 0.786 bits per heavy atom. The molecule has 0 radical (unpaired) electrons. The van der Waals surface area contributed by atoms with Crippen LogP contribution in [0.5, 0.6) is 5.75 Å². The predicted molar refractivity (Wildman–Crippen MR) is 119 cm³/mol. The Labute approximate surface area is 173 Å². The van der Waals surface area contributed by atoms with Gasteiger partial charge >= 0.3 is 0 Å². The molecule has 0 aliphatic heterocycles. The summed E-state index contributed by atoms with van der Waals surface area (Å²) < 4.78 is 5.63. The molecule has 1 heterocycles. The molecule has 3 rings (SSSR count). The minimum Gasteiger partial charge on any atom is -0.492 e. The quantitative estimate of drug-likeness (QED) is 0.413. The Morgan fingerprint density at radius 2 is 1.36 bits per heavy atom. The van der Waals surface area contributed by atoms with Crippen LogP contribution in [0.2, 0.25) is 0 Å². The van der Waals surface area contributed by atoms with Gasteiger partial charge in [-0.1, -0.05) is 84.5 Å². The largest absolute Gasteiger partial charge is 0.492 e. The summed E-state index contributed by atoms with van der Waals surface area (Å²) in [7, 11) is 0. The van der Waals surface area contributed by atoms with Gasteiger partial charge in [0.25, 0.3) is 0 Å². The number of hydrogen-bond acceptors (Lipinski definition) is 2. The minimum absolute atomic E-state index is 0.782. The number of pyridine rings is 1. The lowest BCUT2D eigenvalue weighted by Crippen LogP contribution is -2.18. The van der Waals surface area contributed by atoms with Crippen LogP contribution in [0.25, 0.3) is 0 Å². The van der Waals surface area contributed by atoms with E-state index in [1.807, 2.05) is 6.20 Å². The normalized spacial score (nSPS) is 28.2. The summed E-state index contributed by atoms with van der Waals surface area (Å²) in [5.74, 6) is 4.95. The molecule has 0 spiro atoms. The zero-order chi connectivity index (χ0) is 19.6. The van der Waals surface area contributed by atoms with Gasteiger partial charge in [-0.15, -0.1) is 0 Å². The topological polar surface area (TPSA) is 22.1 Å². The number of aryl methyl sites for hydroxylation is 1. The van der Waals surface area contributed by atoms with Crippen molar-refractivity contribution in [2.45, 2.75) is 104 Å². The first kappa shape index (κ1) is 21.7. The van der Waals surface area contributed by atoms with E-state index >= 15 is 0 Å². The van der Waals surface area contributed by atoms with E-state index in [2.05, 4.69) is 31.0 Å². The summed E-state index contributed by atoms with van der Waals surface area (Å²) in [6.45, 7) is 5.29. The van der Waals surface area contributed by atoms with E-state index in [9.17, 15) is 0 Å². The van der Waals surface area contributed by atoms with Gasteiger partial charge in [0.15, 0.2) is 0 Å². The molecular weight excluding hydrogens is 342 g/mol. The second-order valence-electron chi connectivity index (χ2n) is 9.63.